The molecule has 7 rings (SSSR count). The molecule has 2 aliphatic carbocycles. The maximum absolute atomic E-state index is 13.8. The number of fused-ring (bicyclic) bond motifs is 4. The second-order valence-corrected chi connectivity index (χ2v) is 10.2. The van der Waals surface area contributed by atoms with Gasteiger partial charge in [0, 0.05) is 56.9 Å². The van der Waals surface area contributed by atoms with Gasteiger partial charge in [-0.05, 0) is 24.3 Å². The van der Waals surface area contributed by atoms with Crippen LogP contribution in [0, 0.1) is 0 Å². The molecular weight excluding hydrogens is 538 g/mol. The summed E-state index contributed by atoms with van der Waals surface area (Å²) in [6, 6.07) is 29.1. The van der Waals surface area contributed by atoms with Gasteiger partial charge in [0.05, 0.1) is 28.2 Å². The number of anilines is 1. The summed E-state index contributed by atoms with van der Waals surface area (Å²) in [4.78, 5) is 63.0. The Morgan fingerprint density at radius 3 is 1.51 bits per heavy atom. The van der Waals surface area contributed by atoms with E-state index in [-0.39, 0.29) is 56.8 Å². The first-order valence-corrected chi connectivity index (χ1v) is 13.5. The van der Waals surface area contributed by atoms with Gasteiger partial charge in [-0.15, -0.1) is 0 Å². The van der Waals surface area contributed by atoms with E-state index in [1.807, 2.05) is 30.3 Å². The Kier molecular flexibility index (Phi) is 6.06. The standard InChI is InChI=1S/C36H21N3O4/c37-31-20(14-16-27-29(31)35(42)25-12-6-4-10-23(25)33(27)40)18-39-32-21(19-38-22-8-2-1-3-9-22)15-17-28-30(32)36(43)26-13-7-5-11-24(26)34(28)41/h1-19H,37H2. The van der Waals surface area contributed by atoms with Crippen molar-refractivity contribution in [3.05, 3.63) is 159 Å². The molecule has 0 bridgehead atoms. The summed E-state index contributed by atoms with van der Waals surface area (Å²) < 4.78 is 0. The molecule has 2 aliphatic rings. The lowest BCUT2D eigenvalue weighted by Gasteiger charge is -2.20. The first kappa shape index (κ1) is 25.9. The molecule has 0 unspecified atom stereocenters. The van der Waals surface area contributed by atoms with E-state index in [0.29, 0.717) is 39.1 Å². The normalized spacial score (nSPS) is 13.7. The smallest absolute Gasteiger partial charge is 0.196 e. The van der Waals surface area contributed by atoms with Gasteiger partial charge in [-0.1, -0.05) is 78.9 Å². The number of aliphatic imine (C=N–C) groups is 2. The van der Waals surface area contributed by atoms with Crippen LogP contribution in [-0.2, 0) is 0 Å². The van der Waals surface area contributed by atoms with Crippen molar-refractivity contribution < 1.29 is 19.2 Å². The van der Waals surface area contributed by atoms with Crippen molar-refractivity contribution in [1.29, 1.82) is 0 Å². The van der Waals surface area contributed by atoms with E-state index in [9.17, 15) is 19.2 Å². The van der Waals surface area contributed by atoms with Crippen molar-refractivity contribution in [1.82, 2.24) is 0 Å². The summed E-state index contributed by atoms with van der Waals surface area (Å²) in [6.07, 6.45) is 3.04. The van der Waals surface area contributed by atoms with Crippen LogP contribution in [0.4, 0.5) is 17.1 Å². The van der Waals surface area contributed by atoms with Crippen molar-refractivity contribution >= 4 is 52.6 Å². The highest BCUT2D eigenvalue weighted by molar-refractivity contribution is 6.32. The van der Waals surface area contributed by atoms with Crippen LogP contribution in [0.5, 0.6) is 0 Å². The molecule has 204 valence electrons. The van der Waals surface area contributed by atoms with Crippen LogP contribution < -0.4 is 5.73 Å². The zero-order valence-electron chi connectivity index (χ0n) is 22.6. The quantitative estimate of drug-likeness (QED) is 0.200. The second kappa shape index (κ2) is 10.1. The molecule has 0 saturated heterocycles. The lowest BCUT2D eigenvalue weighted by molar-refractivity contribution is 0.0979. The fourth-order valence-corrected chi connectivity index (χ4v) is 5.56. The Morgan fingerprint density at radius 1 is 0.442 bits per heavy atom. The Balaban J connectivity index is 1.38. The highest BCUT2D eigenvalue weighted by atomic mass is 16.1. The summed E-state index contributed by atoms with van der Waals surface area (Å²) in [5.74, 6) is -1.23. The van der Waals surface area contributed by atoms with E-state index in [0.717, 1.165) is 0 Å². The number of benzene rings is 5. The first-order chi connectivity index (χ1) is 20.9. The molecule has 0 spiro atoms. The number of nitrogens with zero attached hydrogens (tertiary/aromatic N) is 2. The van der Waals surface area contributed by atoms with Crippen LogP contribution in [0.25, 0.3) is 0 Å². The third-order valence-corrected chi connectivity index (χ3v) is 7.71. The highest BCUT2D eigenvalue weighted by Gasteiger charge is 2.33. The molecule has 2 N–H and O–H groups in total. The lowest BCUT2D eigenvalue weighted by Crippen LogP contribution is -2.23. The fourth-order valence-electron chi connectivity index (χ4n) is 5.56. The molecule has 0 amide bonds. The average molecular weight is 560 g/mol. The minimum atomic E-state index is -0.344. The molecule has 43 heavy (non-hydrogen) atoms. The predicted molar refractivity (Wildman–Crippen MR) is 165 cm³/mol. The molecule has 7 nitrogen and oxygen atoms in total. The maximum atomic E-state index is 13.8. The molecule has 5 aromatic rings. The number of para-hydroxylation sites is 1. The Bertz CT molecular complexity index is 2110. The van der Waals surface area contributed by atoms with Gasteiger partial charge in [-0.2, -0.15) is 0 Å². The number of hydrogen-bond donors (Lipinski definition) is 1. The minimum Gasteiger partial charge on any atom is -0.398 e. The van der Waals surface area contributed by atoms with Gasteiger partial charge in [0.25, 0.3) is 0 Å². The molecule has 0 radical (unpaired) electrons. The van der Waals surface area contributed by atoms with E-state index in [4.69, 9.17) is 10.7 Å². The molecule has 7 heteroatoms. The number of nitrogen functional groups attached to an aromatic ring is 1. The van der Waals surface area contributed by atoms with Crippen molar-refractivity contribution in [2.24, 2.45) is 9.98 Å². The third kappa shape index (κ3) is 4.14. The minimum absolute atomic E-state index is 0.103. The van der Waals surface area contributed by atoms with Crippen LogP contribution in [0.3, 0.4) is 0 Å². The van der Waals surface area contributed by atoms with Crippen molar-refractivity contribution in [2.75, 3.05) is 5.73 Å². The zero-order chi connectivity index (χ0) is 29.7. The Morgan fingerprint density at radius 2 is 0.907 bits per heavy atom. The summed E-state index contributed by atoms with van der Waals surface area (Å²) in [6.45, 7) is 0. The molecule has 0 saturated carbocycles. The molecule has 0 aromatic heterocycles. The number of ketones is 4. The largest absolute Gasteiger partial charge is 0.398 e. The molecule has 5 aromatic carbocycles. The van der Waals surface area contributed by atoms with Crippen LogP contribution in [0.15, 0.2) is 113 Å². The monoisotopic (exact) mass is 559 g/mol. The Labute approximate surface area is 246 Å². The predicted octanol–water partition coefficient (Wildman–Crippen LogP) is 6.32. The zero-order valence-corrected chi connectivity index (χ0v) is 22.6. The van der Waals surface area contributed by atoms with E-state index in [1.165, 1.54) is 6.21 Å². The molecule has 0 fully saturated rings. The fraction of sp³-hybridized carbons (Fsp3) is 0. The topological polar surface area (TPSA) is 119 Å². The van der Waals surface area contributed by atoms with E-state index in [1.54, 1.807) is 79.0 Å². The van der Waals surface area contributed by atoms with Crippen LogP contribution >= 0.6 is 0 Å². The lowest BCUT2D eigenvalue weighted by atomic mass is 9.82. The van der Waals surface area contributed by atoms with Crippen molar-refractivity contribution in [2.45, 2.75) is 0 Å². The number of nitrogens with two attached hydrogens (primary N) is 1. The summed E-state index contributed by atoms with van der Waals surface area (Å²) in [5, 5.41) is 0. The van der Waals surface area contributed by atoms with Crippen LogP contribution in [-0.4, -0.2) is 35.6 Å². The number of rotatable bonds is 4. The SMILES string of the molecule is Nc1c(C=Nc2c(C=Nc3ccccc3)ccc3c2C(=O)c2ccccc2C3=O)ccc2c1C(=O)c1ccccc1C2=O. The average Bonchev–Trinajstić information content (AvgIpc) is 3.05. The number of hydrogen-bond acceptors (Lipinski definition) is 7. The van der Waals surface area contributed by atoms with Crippen LogP contribution in [0.2, 0.25) is 0 Å². The Hall–Kier alpha value is -6.08. The van der Waals surface area contributed by atoms with Gasteiger partial charge in [-0.3, -0.25) is 29.2 Å². The summed E-state index contributed by atoms with van der Waals surface area (Å²) in [5.41, 5.74) is 10.4. The van der Waals surface area contributed by atoms with Gasteiger partial charge in [0.2, 0.25) is 0 Å². The van der Waals surface area contributed by atoms with Gasteiger partial charge in [-0.25, -0.2) is 0 Å². The van der Waals surface area contributed by atoms with Crippen molar-refractivity contribution in [3.63, 3.8) is 0 Å². The first-order valence-electron chi connectivity index (χ1n) is 13.5. The summed E-state index contributed by atoms with van der Waals surface area (Å²) >= 11 is 0. The number of carbonyl (C=O) groups excluding carboxylic acids is 4. The summed E-state index contributed by atoms with van der Waals surface area (Å²) in [7, 11) is 0. The molecule has 0 atom stereocenters. The molecular formula is C36H21N3O4. The second-order valence-electron chi connectivity index (χ2n) is 10.2. The van der Waals surface area contributed by atoms with E-state index >= 15 is 0 Å². The van der Waals surface area contributed by atoms with E-state index in [2.05, 4.69) is 4.99 Å². The van der Waals surface area contributed by atoms with Gasteiger partial charge < -0.3 is 5.73 Å². The van der Waals surface area contributed by atoms with Gasteiger partial charge in [0.15, 0.2) is 23.1 Å². The highest BCUT2D eigenvalue weighted by Crippen LogP contribution is 2.37. The number of carbonyl (C=O) groups is 4. The van der Waals surface area contributed by atoms with Gasteiger partial charge >= 0.3 is 0 Å². The molecule has 0 heterocycles. The van der Waals surface area contributed by atoms with Crippen LogP contribution in [0.1, 0.15) is 74.8 Å². The molecule has 0 aliphatic heterocycles. The van der Waals surface area contributed by atoms with E-state index < -0.39 is 0 Å². The van der Waals surface area contributed by atoms with Gasteiger partial charge in [0.1, 0.15) is 0 Å². The maximum Gasteiger partial charge on any atom is 0.196 e. The van der Waals surface area contributed by atoms with Crippen molar-refractivity contribution in [3.8, 4) is 0 Å². The third-order valence-electron chi connectivity index (χ3n) is 7.71.